The lowest BCUT2D eigenvalue weighted by Gasteiger charge is -2.32. The highest BCUT2D eigenvalue weighted by Crippen LogP contribution is 2.29. The van der Waals surface area contributed by atoms with Gasteiger partial charge >= 0.3 is 0 Å². The van der Waals surface area contributed by atoms with Crippen molar-refractivity contribution >= 4 is 29.0 Å². The van der Waals surface area contributed by atoms with Crippen LogP contribution >= 0.6 is 23.1 Å². The molecule has 1 aromatic rings. The van der Waals surface area contributed by atoms with Crippen molar-refractivity contribution in [1.82, 2.24) is 5.32 Å². The van der Waals surface area contributed by atoms with Crippen molar-refractivity contribution in [3.63, 3.8) is 0 Å². The number of carbonyl (C=O) groups excluding carboxylic acids is 1. The molecule has 2 heterocycles. The zero-order valence-electron chi connectivity index (χ0n) is 11.4. The summed E-state index contributed by atoms with van der Waals surface area (Å²) in [5.74, 6) is 1.51. The molecule has 0 aromatic carbocycles. The van der Waals surface area contributed by atoms with E-state index >= 15 is 0 Å². The second kappa shape index (κ2) is 5.85. The first-order valence-electron chi connectivity index (χ1n) is 6.56. The Morgan fingerprint density at radius 1 is 1.47 bits per heavy atom. The molecule has 0 radical (unpaired) electrons. The SMILES string of the molecule is CC(C)(CNC(=O)C1(O)CCSCC1)c1cccs1. The van der Waals surface area contributed by atoms with Crippen molar-refractivity contribution in [3.8, 4) is 0 Å². The molecule has 0 aliphatic carbocycles. The molecular formula is C14H21NO2S2. The van der Waals surface area contributed by atoms with Gasteiger partial charge in [-0.3, -0.25) is 4.79 Å². The molecule has 0 atom stereocenters. The van der Waals surface area contributed by atoms with E-state index in [4.69, 9.17) is 0 Å². The average molecular weight is 299 g/mol. The summed E-state index contributed by atoms with van der Waals surface area (Å²) in [6.45, 7) is 4.78. The summed E-state index contributed by atoms with van der Waals surface area (Å²) in [6, 6.07) is 4.11. The van der Waals surface area contributed by atoms with E-state index in [0.29, 0.717) is 19.4 Å². The molecule has 2 N–H and O–H groups in total. The standard InChI is InChI=1S/C14H21NO2S2/c1-13(2,11-4-3-7-19-11)10-15-12(16)14(17)5-8-18-9-6-14/h3-4,7,17H,5-6,8-10H2,1-2H3,(H,15,16). The molecule has 1 amide bonds. The van der Waals surface area contributed by atoms with Gasteiger partial charge in [-0.25, -0.2) is 0 Å². The van der Waals surface area contributed by atoms with Crippen LogP contribution < -0.4 is 5.32 Å². The average Bonchev–Trinajstić information content (AvgIpc) is 2.91. The van der Waals surface area contributed by atoms with Crippen molar-refractivity contribution in [3.05, 3.63) is 22.4 Å². The smallest absolute Gasteiger partial charge is 0.252 e. The summed E-state index contributed by atoms with van der Waals surface area (Å²) < 4.78 is 0. The third kappa shape index (κ3) is 3.52. The number of rotatable bonds is 4. The van der Waals surface area contributed by atoms with Crippen LogP contribution in [0.15, 0.2) is 17.5 Å². The number of aliphatic hydroxyl groups is 1. The van der Waals surface area contributed by atoms with Gasteiger partial charge in [-0.2, -0.15) is 11.8 Å². The van der Waals surface area contributed by atoms with Crippen molar-refractivity contribution in [2.75, 3.05) is 18.1 Å². The summed E-state index contributed by atoms with van der Waals surface area (Å²) in [7, 11) is 0. The normalized spacial score (nSPS) is 19.1. The van der Waals surface area contributed by atoms with Crippen LogP contribution in [0, 0.1) is 0 Å². The molecule has 1 aliphatic heterocycles. The molecular weight excluding hydrogens is 278 g/mol. The fourth-order valence-corrected chi connectivity index (χ4v) is 4.17. The van der Waals surface area contributed by atoms with E-state index in [1.165, 1.54) is 4.88 Å². The minimum absolute atomic E-state index is 0.0936. The Balaban J connectivity index is 1.93. The Labute approximate surface area is 122 Å². The highest BCUT2D eigenvalue weighted by Gasteiger charge is 2.38. The number of amides is 1. The minimum Gasteiger partial charge on any atom is -0.380 e. The second-order valence-corrected chi connectivity index (χ2v) is 7.86. The minimum atomic E-state index is -1.16. The number of nitrogens with one attached hydrogen (secondary N) is 1. The molecule has 106 valence electrons. The van der Waals surface area contributed by atoms with Crippen LogP contribution in [0.1, 0.15) is 31.6 Å². The van der Waals surface area contributed by atoms with E-state index in [0.717, 1.165) is 11.5 Å². The van der Waals surface area contributed by atoms with Crippen LogP contribution in [-0.2, 0) is 10.2 Å². The Bertz CT molecular complexity index is 423. The van der Waals surface area contributed by atoms with Crippen LogP contribution in [0.2, 0.25) is 0 Å². The van der Waals surface area contributed by atoms with Crippen molar-refractivity contribution in [2.24, 2.45) is 0 Å². The maximum Gasteiger partial charge on any atom is 0.252 e. The molecule has 0 saturated carbocycles. The maximum atomic E-state index is 12.2. The number of thioether (sulfide) groups is 1. The van der Waals surface area contributed by atoms with E-state index in [9.17, 15) is 9.90 Å². The van der Waals surface area contributed by atoms with Crippen LogP contribution in [0.3, 0.4) is 0 Å². The summed E-state index contributed by atoms with van der Waals surface area (Å²) in [5.41, 5.74) is -1.25. The van der Waals surface area contributed by atoms with Gasteiger partial charge in [-0.05, 0) is 35.8 Å². The lowest BCUT2D eigenvalue weighted by molar-refractivity contribution is -0.140. The Kier molecular flexibility index (Phi) is 4.58. The van der Waals surface area contributed by atoms with Gasteiger partial charge < -0.3 is 10.4 Å². The van der Waals surface area contributed by atoms with Crippen LogP contribution in [0.4, 0.5) is 0 Å². The molecule has 0 unspecified atom stereocenters. The van der Waals surface area contributed by atoms with Gasteiger partial charge in [-0.15, -0.1) is 11.3 Å². The van der Waals surface area contributed by atoms with Gasteiger partial charge in [-0.1, -0.05) is 19.9 Å². The lowest BCUT2D eigenvalue weighted by Crippen LogP contribution is -2.51. The second-order valence-electron chi connectivity index (χ2n) is 5.69. The third-order valence-electron chi connectivity index (χ3n) is 3.62. The summed E-state index contributed by atoms with van der Waals surface area (Å²) >= 11 is 3.50. The van der Waals surface area contributed by atoms with Gasteiger partial charge in [0.25, 0.3) is 5.91 Å². The quantitative estimate of drug-likeness (QED) is 0.897. The lowest BCUT2D eigenvalue weighted by atomic mass is 9.90. The molecule has 1 aromatic heterocycles. The number of thiophene rings is 1. The van der Waals surface area contributed by atoms with Gasteiger partial charge in [0.1, 0.15) is 5.60 Å². The Hall–Kier alpha value is -0.520. The molecule has 5 heteroatoms. The van der Waals surface area contributed by atoms with Crippen molar-refractivity contribution in [2.45, 2.75) is 37.7 Å². The highest BCUT2D eigenvalue weighted by atomic mass is 32.2. The topological polar surface area (TPSA) is 49.3 Å². The Morgan fingerprint density at radius 2 is 2.16 bits per heavy atom. The van der Waals surface area contributed by atoms with Crippen LogP contribution in [0.5, 0.6) is 0 Å². The Morgan fingerprint density at radius 3 is 2.74 bits per heavy atom. The largest absolute Gasteiger partial charge is 0.380 e. The first-order valence-corrected chi connectivity index (χ1v) is 8.60. The summed E-state index contributed by atoms with van der Waals surface area (Å²) in [4.78, 5) is 13.4. The fraction of sp³-hybridized carbons (Fsp3) is 0.643. The fourth-order valence-electron chi connectivity index (χ4n) is 2.15. The van der Waals surface area contributed by atoms with E-state index < -0.39 is 5.60 Å². The monoisotopic (exact) mass is 299 g/mol. The third-order valence-corrected chi connectivity index (χ3v) is 5.84. The van der Waals surface area contributed by atoms with Gasteiger partial charge in [0.2, 0.25) is 0 Å². The van der Waals surface area contributed by atoms with Gasteiger partial charge in [0, 0.05) is 16.8 Å². The molecule has 1 aliphatic rings. The predicted molar refractivity (Wildman–Crippen MR) is 81.9 cm³/mol. The molecule has 2 rings (SSSR count). The van der Waals surface area contributed by atoms with E-state index in [2.05, 4.69) is 25.2 Å². The number of carbonyl (C=O) groups is 1. The predicted octanol–water partition coefficient (Wildman–Crippen LogP) is 2.40. The zero-order valence-corrected chi connectivity index (χ0v) is 13.1. The highest BCUT2D eigenvalue weighted by molar-refractivity contribution is 7.99. The van der Waals surface area contributed by atoms with Crippen LogP contribution in [0.25, 0.3) is 0 Å². The van der Waals surface area contributed by atoms with Crippen LogP contribution in [-0.4, -0.2) is 34.7 Å². The molecule has 1 fully saturated rings. The zero-order chi connectivity index (χ0) is 13.9. The molecule has 0 bridgehead atoms. The molecule has 0 spiro atoms. The van der Waals surface area contributed by atoms with E-state index in [1.807, 2.05) is 11.4 Å². The molecule has 19 heavy (non-hydrogen) atoms. The first-order chi connectivity index (χ1) is 8.94. The first kappa shape index (κ1) is 14.9. The van der Waals surface area contributed by atoms with E-state index in [1.54, 1.807) is 23.1 Å². The molecule has 3 nitrogen and oxygen atoms in total. The van der Waals surface area contributed by atoms with Crippen molar-refractivity contribution in [1.29, 1.82) is 0 Å². The van der Waals surface area contributed by atoms with E-state index in [-0.39, 0.29) is 11.3 Å². The number of hydrogen-bond acceptors (Lipinski definition) is 4. The maximum absolute atomic E-state index is 12.2. The van der Waals surface area contributed by atoms with Gasteiger partial charge in [0.15, 0.2) is 0 Å². The summed E-state index contributed by atoms with van der Waals surface area (Å²) in [5, 5.41) is 15.3. The number of hydrogen-bond donors (Lipinski definition) is 2. The van der Waals surface area contributed by atoms with Crippen molar-refractivity contribution < 1.29 is 9.90 Å². The molecule has 1 saturated heterocycles. The van der Waals surface area contributed by atoms with Gasteiger partial charge in [0.05, 0.1) is 0 Å². The summed E-state index contributed by atoms with van der Waals surface area (Å²) in [6.07, 6.45) is 1.12.